The van der Waals surface area contributed by atoms with E-state index in [9.17, 15) is 18.3 Å². The fraction of sp³-hybridized carbons (Fsp3) is 0.308. The fourth-order valence-electron chi connectivity index (χ4n) is 2.35. The molecule has 0 fully saturated rings. The molecule has 0 unspecified atom stereocenters. The molecule has 2 N–H and O–H groups in total. The molecular weight excluding hydrogens is 289 g/mol. The fourth-order valence-corrected chi connectivity index (χ4v) is 3.07. The van der Waals surface area contributed by atoms with Crippen LogP contribution < -0.4 is 5.32 Å². The van der Waals surface area contributed by atoms with Crippen molar-refractivity contribution in [3.8, 4) is 0 Å². The van der Waals surface area contributed by atoms with Gasteiger partial charge in [0.05, 0.1) is 18.3 Å². The maximum Gasteiger partial charge on any atom is 0.427 e. The normalized spacial score (nSPS) is 21.8. The van der Waals surface area contributed by atoms with Crippen LogP contribution in [0.5, 0.6) is 0 Å². The van der Waals surface area contributed by atoms with Gasteiger partial charge in [0.2, 0.25) is 0 Å². The second-order valence-electron chi connectivity index (χ2n) is 4.62. The van der Waals surface area contributed by atoms with Gasteiger partial charge in [-0.1, -0.05) is 35.6 Å². The number of hydrogen-bond donors (Lipinski definition) is 2. The van der Waals surface area contributed by atoms with Crippen molar-refractivity contribution in [1.82, 2.24) is 4.98 Å². The molecule has 1 aliphatic carbocycles. The molecule has 0 amide bonds. The van der Waals surface area contributed by atoms with Gasteiger partial charge in [0.25, 0.3) is 0 Å². The molecule has 0 aliphatic heterocycles. The zero-order valence-corrected chi connectivity index (χ0v) is 11.0. The van der Waals surface area contributed by atoms with E-state index >= 15 is 0 Å². The second-order valence-corrected chi connectivity index (χ2v) is 5.65. The van der Waals surface area contributed by atoms with Crippen LogP contribution in [0.25, 0.3) is 0 Å². The first-order valence-electron chi connectivity index (χ1n) is 6.00. The first-order chi connectivity index (χ1) is 9.45. The topological polar surface area (TPSA) is 45.1 Å². The zero-order chi connectivity index (χ0) is 14.3. The summed E-state index contributed by atoms with van der Waals surface area (Å²) in [5.41, 5.74) is 1.91. The molecule has 0 saturated carbocycles. The van der Waals surface area contributed by atoms with E-state index in [1.54, 1.807) is 0 Å². The Balaban J connectivity index is 1.83. The lowest BCUT2D eigenvalue weighted by atomic mass is 10.1. The standard InChI is InChI=1S/C13H11F3N2OS/c14-13(15,16)10-6-17-12(20-10)18-11-8-4-2-1-3-7(8)5-9(11)19/h1-4,6,9,11,19H,5H2,(H,17,18)/t9-,11+/m1/s1. The Morgan fingerprint density at radius 3 is 2.75 bits per heavy atom. The van der Waals surface area contributed by atoms with E-state index < -0.39 is 23.2 Å². The van der Waals surface area contributed by atoms with Crippen LogP contribution in [0.2, 0.25) is 0 Å². The van der Waals surface area contributed by atoms with Crippen LogP contribution >= 0.6 is 11.3 Å². The molecule has 1 aromatic carbocycles. The Labute approximate surface area is 117 Å². The minimum absolute atomic E-state index is 0.165. The van der Waals surface area contributed by atoms with Crippen molar-refractivity contribution in [3.05, 3.63) is 46.5 Å². The summed E-state index contributed by atoms with van der Waals surface area (Å²) >= 11 is 0.545. The van der Waals surface area contributed by atoms with E-state index in [4.69, 9.17) is 0 Å². The average molecular weight is 300 g/mol. The average Bonchev–Trinajstić information content (AvgIpc) is 2.95. The van der Waals surface area contributed by atoms with Crippen molar-refractivity contribution in [2.45, 2.75) is 24.7 Å². The van der Waals surface area contributed by atoms with E-state index in [1.165, 1.54) is 0 Å². The number of fused-ring (bicyclic) bond motifs is 1. The number of alkyl halides is 3. The van der Waals surface area contributed by atoms with Crippen molar-refractivity contribution in [2.75, 3.05) is 5.32 Å². The third-order valence-electron chi connectivity index (χ3n) is 3.27. The van der Waals surface area contributed by atoms with E-state index in [1.807, 2.05) is 24.3 Å². The van der Waals surface area contributed by atoms with Gasteiger partial charge in [0.1, 0.15) is 4.88 Å². The molecule has 0 bridgehead atoms. The Morgan fingerprint density at radius 1 is 1.30 bits per heavy atom. The highest BCUT2D eigenvalue weighted by molar-refractivity contribution is 7.15. The third kappa shape index (κ3) is 2.38. The number of nitrogens with one attached hydrogen (secondary N) is 1. The van der Waals surface area contributed by atoms with Crippen molar-refractivity contribution >= 4 is 16.5 Å². The predicted octanol–water partition coefficient (Wildman–Crippen LogP) is 3.23. The predicted molar refractivity (Wildman–Crippen MR) is 69.6 cm³/mol. The molecule has 2 atom stereocenters. The van der Waals surface area contributed by atoms with Crippen LogP contribution in [0.15, 0.2) is 30.5 Å². The third-order valence-corrected chi connectivity index (χ3v) is 4.24. The summed E-state index contributed by atoms with van der Waals surface area (Å²) in [7, 11) is 0. The van der Waals surface area contributed by atoms with Crippen LogP contribution in [0.1, 0.15) is 22.0 Å². The van der Waals surface area contributed by atoms with Gasteiger partial charge in [0, 0.05) is 6.42 Å². The molecule has 3 nitrogen and oxygen atoms in total. The van der Waals surface area contributed by atoms with Gasteiger partial charge in [-0.3, -0.25) is 0 Å². The smallest absolute Gasteiger partial charge is 0.390 e. The van der Waals surface area contributed by atoms with Crippen LogP contribution in [-0.2, 0) is 12.6 Å². The van der Waals surface area contributed by atoms with Crippen LogP contribution in [-0.4, -0.2) is 16.2 Å². The Kier molecular flexibility index (Phi) is 3.18. The SMILES string of the molecule is O[C@@H]1Cc2ccccc2[C@@H]1Nc1ncc(C(F)(F)F)s1. The van der Waals surface area contributed by atoms with Gasteiger partial charge in [0.15, 0.2) is 5.13 Å². The van der Waals surface area contributed by atoms with Crippen LogP contribution in [0, 0.1) is 0 Å². The summed E-state index contributed by atoms with van der Waals surface area (Å²) < 4.78 is 37.6. The molecule has 1 aliphatic rings. The molecule has 7 heteroatoms. The van der Waals surface area contributed by atoms with E-state index in [0.29, 0.717) is 17.8 Å². The van der Waals surface area contributed by atoms with Crippen molar-refractivity contribution in [3.63, 3.8) is 0 Å². The maximum absolute atomic E-state index is 12.5. The summed E-state index contributed by atoms with van der Waals surface area (Å²) in [5.74, 6) is 0. The lowest BCUT2D eigenvalue weighted by molar-refractivity contribution is -0.134. The van der Waals surface area contributed by atoms with Gasteiger partial charge >= 0.3 is 6.18 Å². The zero-order valence-electron chi connectivity index (χ0n) is 10.2. The van der Waals surface area contributed by atoms with Gasteiger partial charge in [-0.25, -0.2) is 4.98 Å². The highest BCUT2D eigenvalue weighted by Crippen LogP contribution is 2.38. The molecule has 0 radical (unpaired) electrons. The summed E-state index contributed by atoms with van der Waals surface area (Å²) in [5, 5.41) is 13.1. The number of nitrogens with zero attached hydrogens (tertiary/aromatic N) is 1. The van der Waals surface area contributed by atoms with Crippen molar-refractivity contribution in [1.29, 1.82) is 0 Å². The van der Waals surface area contributed by atoms with Gasteiger partial charge < -0.3 is 10.4 Å². The molecule has 106 valence electrons. The number of hydrogen-bond acceptors (Lipinski definition) is 4. The Bertz CT molecular complexity index is 626. The minimum atomic E-state index is -4.39. The summed E-state index contributed by atoms with van der Waals surface area (Å²) in [6.07, 6.45) is -3.75. The van der Waals surface area contributed by atoms with Gasteiger partial charge in [-0.05, 0) is 11.1 Å². The van der Waals surface area contributed by atoms with E-state index in [2.05, 4.69) is 10.3 Å². The number of aromatic nitrogens is 1. The lowest BCUT2D eigenvalue weighted by Crippen LogP contribution is -2.20. The minimum Gasteiger partial charge on any atom is -0.390 e. The van der Waals surface area contributed by atoms with Crippen molar-refractivity contribution < 1.29 is 18.3 Å². The molecule has 20 heavy (non-hydrogen) atoms. The van der Waals surface area contributed by atoms with E-state index in [0.717, 1.165) is 17.3 Å². The largest absolute Gasteiger partial charge is 0.427 e. The van der Waals surface area contributed by atoms with Gasteiger partial charge in [-0.2, -0.15) is 13.2 Å². The van der Waals surface area contributed by atoms with Crippen LogP contribution in [0.3, 0.4) is 0 Å². The Hall–Kier alpha value is -1.60. The molecule has 3 rings (SSSR count). The van der Waals surface area contributed by atoms with E-state index in [-0.39, 0.29) is 5.13 Å². The Morgan fingerprint density at radius 2 is 2.05 bits per heavy atom. The monoisotopic (exact) mass is 300 g/mol. The second kappa shape index (κ2) is 4.75. The molecule has 2 aromatic rings. The number of thiazole rings is 1. The number of benzene rings is 1. The highest BCUT2D eigenvalue weighted by Gasteiger charge is 2.35. The molecular formula is C13H11F3N2OS. The quantitative estimate of drug-likeness (QED) is 0.895. The summed E-state index contributed by atoms with van der Waals surface area (Å²) in [6.45, 7) is 0. The molecule has 0 spiro atoms. The first kappa shape index (κ1) is 13.4. The summed E-state index contributed by atoms with van der Waals surface area (Å²) in [4.78, 5) is 2.98. The number of aliphatic hydroxyl groups excluding tert-OH is 1. The number of halogens is 3. The highest BCUT2D eigenvalue weighted by atomic mass is 32.1. The number of aliphatic hydroxyl groups is 1. The summed E-state index contributed by atoms with van der Waals surface area (Å²) in [6, 6.07) is 7.07. The van der Waals surface area contributed by atoms with Crippen molar-refractivity contribution in [2.24, 2.45) is 0 Å². The number of anilines is 1. The first-order valence-corrected chi connectivity index (χ1v) is 6.82. The van der Waals surface area contributed by atoms with Crippen LogP contribution in [0.4, 0.5) is 18.3 Å². The lowest BCUT2D eigenvalue weighted by Gasteiger charge is -2.17. The van der Waals surface area contributed by atoms with Gasteiger partial charge in [-0.15, -0.1) is 0 Å². The molecule has 1 aromatic heterocycles. The maximum atomic E-state index is 12.5. The molecule has 1 heterocycles. The number of rotatable bonds is 2. The molecule has 0 saturated heterocycles.